The molecule has 0 amide bonds. The molecule has 2 aromatic heterocycles. The van der Waals surface area contributed by atoms with E-state index in [0.717, 1.165) is 53.4 Å². The van der Waals surface area contributed by atoms with Crippen molar-refractivity contribution in [1.82, 2.24) is 20.2 Å². The van der Waals surface area contributed by atoms with Gasteiger partial charge in [-0.2, -0.15) is 5.10 Å². The molecule has 1 atom stereocenters. The van der Waals surface area contributed by atoms with Gasteiger partial charge in [0.25, 0.3) is 0 Å². The first-order valence-electron chi connectivity index (χ1n) is 8.92. The number of ether oxygens (including phenoxy) is 1. The molecule has 1 fully saturated rings. The number of morpholine rings is 1. The van der Waals surface area contributed by atoms with Crippen LogP contribution >= 0.6 is 0 Å². The van der Waals surface area contributed by atoms with E-state index in [9.17, 15) is 0 Å². The average molecular weight is 349 g/mol. The predicted molar refractivity (Wildman–Crippen MR) is 104 cm³/mol. The topological polar surface area (TPSA) is 66.9 Å². The van der Waals surface area contributed by atoms with Crippen LogP contribution in [-0.2, 0) is 4.74 Å². The van der Waals surface area contributed by atoms with Gasteiger partial charge in [0.1, 0.15) is 17.8 Å². The normalized spacial score (nSPS) is 17.5. The molecule has 0 aliphatic carbocycles. The van der Waals surface area contributed by atoms with E-state index in [1.807, 2.05) is 6.07 Å². The second kappa shape index (κ2) is 6.88. The summed E-state index contributed by atoms with van der Waals surface area (Å²) < 4.78 is 5.63. The molecule has 134 valence electrons. The van der Waals surface area contributed by atoms with E-state index in [1.54, 1.807) is 6.33 Å². The number of anilines is 1. The highest BCUT2D eigenvalue weighted by molar-refractivity contribution is 5.93. The summed E-state index contributed by atoms with van der Waals surface area (Å²) in [6, 6.07) is 8.32. The number of nitrogens with one attached hydrogen (secondary N) is 1. The van der Waals surface area contributed by atoms with Gasteiger partial charge >= 0.3 is 0 Å². The van der Waals surface area contributed by atoms with Crippen LogP contribution in [-0.4, -0.2) is 46.0 Å². The number of nitrogens with zero attached hydrogens (tertiary/aromatic N) is 4. The highest BCUT2D eigenvalue weighted by Gasteiger charge is 2.19. The lowest BCUT2D eigenvalue weighted by atomic mass is 10.1. The molecule has 4 rings (SSSR count). The Hall–Kier alpha value is -2.73. The predicted octanol–water partition coefficient (Wildman–Crippen LogP) is 3.67. The molecule has 1 saturated heterocycles. The number of H-pyrrole nitrogens is 1. The van der Waals surface area contributed by atoms with Gasteiger partial charge in [-0.15, -0.1) is 0 Å². The van der Waals surface area contributed by atoms with Gasteiger partial charge in [0.15, 0.2) is 0 Å². The lowest BCUT2D eigenvalue weighted by molar-refractivity contribution is 0.0529. The van der Waals surface area contributed by atoms with E-state index in [4.69, 9.17) is 4.74 Å². The summed E-state index contributed by atoms with van der Waals surface area (Å²) in [5, 5.41) is 8.69. The minimum Gasteiger partial charge on any atom is -0.375 e. The molecular formula is C20H23N5O. The highest BCUT2D eigenvalue weighted by atomic mass is 16.5. The van der Waals surface area contributed by atoms with Crippen molar-refractivity contribution in [2.75, 3.05) is 24.6 Å². The molecule has 6 heteroatoms. The molecule has 3 aromatic rings. The van der Waals surface area contributed by atoms with Gasteiger partial charge in [-0.3, -0.25) is 5.10 Å². The van der Waals surface area contributed by atoms with Crippen LogP contribution in [0.5, 0.6) is 0 Å². The Morgan fingerprint density at radius 2 is 2.15 bits per heavy atom. The molecule has 1 N–H and O–H groups in total. The van der Waals surface area contributed by atoms with Gasteiger partial charge in [0, 0.05) is 24.5 Å². The Labute approximate surface area is 152 Å². The van der Waals surface area contributed by atoms with Crippen LogP contribution < -0.4 is 4.90 Å². The van der Waals surface area contributed by atoms with Gasteiger partial charge in [-0.25, -0.2) is 9.97 Å². The zero-order chi connectivity index (χ0) is 18.1. The number of aromatic nitrogens is 4. The lowest BCUT2D eigenvalue weighted by Gasteiger charge is -2.31. The standard InChI is InChI=1S/C20H23N5O/c1-13(2)8-15-4-5-17-16(9-15)20(24-23-17)18-10-19(22-12-21-18)25-6-7-26-14(3)11-25/h4-5,8-10,12,14H,6-7,11H2,1-3H3,(H,23,24)/t14-/m1/s1. The summed E-state index contributed by atoms with van der Waals surface area (Å²) >= 11 is 0. The highest BCUT2D eigenvalue weighted by Crippen LogP contribution is 2.28. The fourth-order valence-electron chi connectivity index (χ4n) is 3.33. The molecule has 0 bridgehead atoms. The average Bonchev–Trinajstić information content (AvgIpc) is 3.04. The van der Waals surface area contributed by atoms with E-state index >= 15 is 0 Å². The summed E-state index contributed by atoms with van der Waals surface area (Å²) in [7, 11) is 0. The third kappa shape index (κ3) is 3.32. The van der Waals surface area contributed by atoms with E-state index in [-0.39, 0.29) is 6.10 Å². The molecule has 1 aliphatic heterocycles. The van der Waals surface area contributed by atoms with Crippen molar-refractivity contribution >= 4 is 22.8 Å². The lowest BCUT2D eigenvalue weighted by Crippen LogP contribution is -2.41. The van der Waals surface area contributed by atoms with Crippen LogP contribution in [0.3, 0.4) is 0 Å². The van der Waals surface area contributed by atoms with E-state index in [2.05, 4.69) is 70.1 Å². The van der Waals surface area contributed by atoms with Crippen LogP contribution in [0.15, 0.2) is 36.2 Å². The van der Waals surface area contributed by atoms with Crippen LogP contribution in [0, 0.1) is 0 Å². The van der Waals surface area contributed by atoms with Crippen LogP contribution in [0.1, 0.15) is 26.3 Å². The second-order valence-corrected chi connectivity index (χ2v) is 6.99. The van der Waals surface area contributed by atoms with E-state index < -0.39 is 0 Å². The summed E-state index contributed by atoms with van der Waals surface area (Å²) in [5.41, 5.74) is 5.12. The third-order valence-corrected chi connectivity index (χ3v) is 4.50. The van der Waals surface area contributed by atoms with Gasteiger partial charge in [0.05, 0.1) is 23.9 Å². The minimum absolute atomic E-state index is 0.208. The smallest absolute Gasteiger partial charge is 0.132 e. The second-order valence-electron chi connectivity index (χ2n) is 6.99. The maximum Gasteiger partial charge on any atom is 0.132 e. The van der Waals surface area contributed by atoms with Gasteiger partial charge < -0.3 is 9.64 Å². The fourth-order valence-corrected chi connectivity index (χ4v) is 3.33. The SMILES string of the molecule is CC(C)=Cc1ccc2[nH]nc(-c3cc(N4CCO[C@H](C)C4)ncn3)c2c1. The van der Waals surface area contributed by atoms with Gasteiger partial charge in [0.2, 0.25) is 0 Å². The molecule has 26 heavy (non-hydrogen) atoms. The van der Waals surface area contributed by atoms with E-state index in [1.165, 1.54) is 5.57 Å². The zero-order valence-corrected chi connectivity index (χ0v) is 15.4. The Bertz CT molecular complexity index is 958. The van der Waals surface area contributed by atoms with Crippen LogP contribution in [0.2, 0.25) is 0 Å². The van der Waals surface area contributed by atoms with Crippen molar-refractivity contribution in [2.45, 2.75) is 26.9 Å². The van der Waals surface area contributed by atoms with Crippen molar-refractivity contribution in [3.8, 4) is 11.4 Å². The molecule has 1 aliphatic rings. The first-order valence-corrected chi connectivity index (χ1v) is 8.92. The van der Waals surface area contributed by atoms with Crippen LogP contribution in [0.4, 0.5) is 5.82 Å². The summed E-state index contributed by atoms with van der Waals surface area (Å²) in [6.07, 6.45) is 3.99. The van der Waals surface area contributed by atoms with Crippen LogP contribution in [0.25, 0.3) is 28.4 Å². The molecule has 3 heterocycles. The summed E-state index contributed by atoms with van der Waals surface area (Å²) in [6.45, 7) is 8.68. The van der Waals surface area contributed by atoms with Crippen molar-refractivity contribution in [3.05, 3.63) is 41.7 Å². The maximum absolute atomic E-state index is 5.63. The molecule has 6 nitrogen and oxygen atoms in total. The number of fused-ring (bicyclic) bond motifs is 1. The summed E-state index contributed by atoms with van der Waals surface area (Å²) in [4.78, 5) is 11.2. The van der Waals surface area contributed by atoms with Gasteiger partial charge in [-0.1, -0.05) is 17.7 Å². The number of aromatic amines is 1. The zero-order valence-electron chi connectivity index (χ0n) is 15.4. The van der Waals surface area contributed by atoms with Crippen molar-refractivity contribution in [2.24, 2.45) is 0 Å². The largest absolute Gasteiger partial charge is 0.375 e. The maximum atomic E-state index is 5.63. The Morgan fingerprint density at radius 3 is 2.96 bits per heavy atom. The number of hydrogen-bond acceptors (Lipinski definition) is 5. The molecular weight excluding hydrogens is 326 g/mol. The first kappa shape index (κ1) is 16.7. The quantitative estimate of drug-likeness (QED) is 0.781. The van der Waals surface area contributed by atoms with Gasteiger partial charge in [-0.05, 0) is 38.5 Å². The molecule has 0 radical (unpaired) electrons. The fraction of sp³-hybridized carbons (Fsp3) is 0.350. The Kier molecular flexibility index (Phi) is 4.42. The van der Waals surface area contributed by atoms with Crippen molar-refractivity contribution < 1.29 is 4.74 Å². The molecule has 0 saturated carbocycles. The van der Waals surface area contributed by atoms with Crippen molar-refractivity contribution in [1.29, 1.82) is 0 Å². The number of rotatable bonds is 3. The van der Waals surface area contributed by atoms with Crippen molar-refractivity contribution in [3.63, 3.8) is 0 Å². The minimum atomic E-state index is 0.208. The Balaban J connectivity index is 1.73. The molecule has 0 unspecified atom stereocenters. The van der Waals surface area contributed by atoms with E-state index in [0.29, 0.717) is 0 Å². The number of benzene rings is 1. The first-order chi connectivity index (χ1) is 12.6. The monoisotopic (exact) mass is 349 g/mol. The number of allylic oxidation sites excluding steroid dienone is 1. The third-order valence-electron chi connectivity index (χ3n) is 4.50. The Morgan fingerprint density at radius 1 is 1.27 bits per heavy atom. The number of hydrogen-bond donors (Lipinski definition) is 1. The molecule has 0 spiro atoms. The molecule has 1 aromatic carbocycles. The summed E-state index contributed by atoms with van der Waals surface area (Å²) in [5.74, 6) is 0.918.